The van der Waals surface area contributed by atoms with Crippen molar-refractivity contribution in [3.63, 3.8) is 0 Å². The van der Waals surface area contributed by atoms with E-state index in [2.05, 4.69) is 11.7 Å². The highest BCUT2D eigenvalue weighted by molar-refractivity contribution is 5.66. The molecule has 0 N–H and O–H groups in total. The summed E-state index contributed by atoms with van der Waals surface area (Å²) in [6.45, 7) is -0.454. The Bertz CT molecular complexity index is 702. The Kier molecular flexibility index (Phi) is 8.43. The minimum atomic E-state index is -2.94. The van der Waals surface area contributed by atoms with Crippen molar-refractivity contribution in [3.05, 3.63) is 48.0 Å². The first-order valence-corrected chi connectivity index (χ1v) is 9.19. The quantitative estimate of drug-likeness (QED) is 0.308. The number of benzene rings is 2. The Morgan fingerprint density at radius 3 is 2.15 bits per heavy atom. The van der Waals surface area contributed by atoms with E-state index in [1.54, 1.807) is 0 Å². The molecule has 2 rings (SSSR count). The topological polar surface area (TPSA) is 18.5 Å². The van der Waals surface area contributed by atoms with Crippen LogP contribution in [0.5, 0.6) is 11.5 Å². The van der Waals surface area contributed by atoms with Gasteiger partial charge in [-0.1, -0.05) is 51.2 Å². The van der Waals surface area contributed by atoms with Crippen molar-refractivity contribution >= 4 is 0 Å². The molecule has 0 atom stereocenters. The normalized spacial score (nSPS) is 11.0. The summed E-state index contributed by atoms with van der Waals surface area (Å²) < 4.78 is 62.5. The molecule has 0 fully saturated rings. The van der Waals surface area contributed by atoms with Crippen molar-refractivity contribution in [2.24, 2.45) is 0 Å². The molecular weight excluding hydrogens is 360 g/mol. The first-order chi connectivity index (χ1) is 13.0. The smallest absolute Gasteiger partial charge is 0.387 e. The van der Waals surface area contributed by atoms with Crippen molar-refractivity contribution in [2.45, 2.75) is 52.1 Å². The predicted molar refractivity (Wildman–Crippen MR) is 97.3 cm³/mol. The third-order valence-electron chi connectivity index (χ3n) is 4.19. The largest absolute Gasteiger partial charge is 0.490 e. The fourth-order valence-corrected chi connectivity index (χ4v) is 2.75. The number of ether oxygens (including phenoxy) is 2. The molecule has 2 aromatic carbocycles. The van der Waals surface area contributed by atoms with E-state index in [0.717, 1.165) is 19.3 Å². The maximum Gasteiger partial charge on any atom is 0.387 e. The molecule has 0 unspecified atom stereocenters. The molecule has 0 spiro atoms. The third kappa shape index (κ3) is 6.45. The molecule has 0 aromatic heterocycles. The molecule has 0 amide bonds. The van der Waals surface area contributed by atoms with Crippen LogP contribution in [0.15, 0.2) is 36.4 Å². The fraction of sp³-hybridized carbons (Fsp3) is 0.429. The molecule has 0 saturated carbocycles. The lowest BCUT2D eigenvalue weighted by Crippen LogP contribution is -2.02. The number of rotatable bonds is 11. The van der Waals surface area contributed by atoms with Gasteiger partial charge >= 0.3 is 6.61 Å². The lowest BCUT2D eigenvalue weighted by atomic mass is 10.0. The molecular formula is C21H24F4O2. The summed E-state index contributed by atoms with van der Waals surface area (Å²) in [6.07, 6.45) is 6.45. The van der Waals surface area contributed by atoms with Gasteiger partial charge in [0.05, 0.1) is 6.61 Å². The van der Waals surface area contributed by atoms with Crippen molar-refractivity contribution in [1.29, 1.82) is 0 Å². The molecule has 0 aliphatic carbocycles. The number of alkyl halides is 2. The molecule has 0 aliphatic rings. The van der Waals surface area contributed by atoms with Crippen molar-refractivity contribution in [3.8, 4) is 22.6 Å². The Hall–Kier alpha value is -2.24. The monoisotopic (exact) mass is 384 g/mol. The molecule has 148 valence electrons. The van der Waals surface area contributed by atoms with Crippen molar-refractivity contribution < 1.29 is 27.0 Å². The molecule has 0 bridgehead atoms. The van der Waals surface area contributed by atoms with E-state index in [9.17, 15) is 17.6 Å². The van der Waals surface area contributed by atoms with Crippen LogP contribution in [0, 0.1) is 11.6 Å². The predicted octanol–water partition coefficient (Wildman–Crippen LogP) is 6.97. The summed E-state index contributed by atoms with van der Waals surface area (Å²) in [6, 6.07) is 8.15. The van der Waals surface area contributed by atoms with Gasteiger partial charge in [0.1, 0.15) is 5.75 Å². The minimum Gasteiger partial charge on any atom is -0.490 e. The van der Waals surface area contributed by atoms with Gasteiger partial charge < -0.3 is 9.47 Å². The fourth-order valence-electron chi connectivity index (χ4n) is 2.75. The number of unbranched alkanes of at least 4 members (excludes halogenated alkanes) is 5. The van der Waals surface area contributed by atoms with Crippen LogP contribution in [-0.2, 0) is 0 Å². The van der Waals surface area contributed by atoms with Gasteiger partial charge in [0.25, 0.3) is 0 Å². The average molecular weight is 384 g/mol. The molecule has 0 aliphatic heterocycles. The summed E-state index contributed by atoms with van der Waals surface area (Å²) in [7, 11) is 0. The van der Waals surface area contributed by atoms with Crippen molar-refractivity contribution in [2.75, 3.05) is 6.61 Å². The second-order valence-electron chi connectivity index (χ2n) is 6.26. The lowest BCUT2D eigenvalue weighted by Gasteiger charge is -2.11. The highest BCUT2D eigenvalue weighted by Crippen LogP contribution is 2.31. The molecule has 0 heterocycles. The van der Waals surface area contributed by atoms with Gasteiger partial charge in [0.2, 0.25) is 5.82 Å². The van der Waals surface area contributed by atoms with Gasteiger partial charge in [-0.05, 0) is 36.2 Å². The summed E-state index contributed by atoms with van der Waals surface area (Å²) in [5, 5.41) is 0. The maximum atomic E-state index is 14.4. The van der Waals surface area contributed by atoms with Gasteiger partial charge in [0.15, 0.2) is 11.6 Å². The molecule has 0 saturated heterocycles. The molecule has 2 aromatic rings. The highest BCUT2D eigenvalue weighted by atomic mass is 19.3. The second kappa shape index (κ2) is 10.8. The average Bonchev–Trinajstić information content (AvgIpc) is 2.65. The molecule has 6 heteroatoms. The summed E-state index contributed by atoms with van der Waals surface area (Å²) >= 11 is 0. The van der Waals surface area contributed by atoms with Crippen molar-refractivity contribution in [1.82, 2.24) is 0 Å². The zero-order chi connectivity index (χ0) is 19.6. The van der Waals surface area contributed by atoms with E-state index in [-0.39, 0.29) is 17.1 Å². The van der Waals surface area contributed by atoms with Crippen LogP contribution in [0.1, 0.15) is 45.4 Å². The van der Waals surface area contributed by atoms with E-state index >= 15 is 0 Å². The Labute approximate surface area is 157 Å². The number of halogens is 4. The first kappa shape index (κ1) is 21.1. The van der Waals surface area contributed by atoms with Crippen LogP contribution in [0.25, 0.3) is 11.1 Å². The highest BCUT2D eigenvalue weighted by Gasteiger charge is 2.16. The van der Waals surface area contributed by atoms with E-state index in [1.807, 2.05) is 0 Å². The van der Waals surface area contributed by atoms with Crippen LogP contribution < -0.4 is 9.47 Å². The zero-order valence-electron chi connectivity index (χ0n) is 15.3. The van der Waals surface area contributed by atoms with E-state index in [4.69, 9.17) is 4.74 Å². The van der Waals surface area contributed by atoms with Crippen LogP contribution in [0.3, 0.4) is 0 Å². The van der Waals surface area contributed by atoms with Crippen LogP contribution >= 0.6 is 0 Å². The van der Waals surface area contributed by atoms with Gasteiger partial charge in [-0.15, -0.1) is 0 Å². The second-order valence-corrected chi connectivity index (χ2v) is 6.26. The molecule has 27 heavy (non-hydrogen) atoms. The van der Waals surface area contributed by atoms with E-state index in [0.29, 0.717) is 12.2 Å². The summed E-state index contributed by atoms with van der Waals surface area (Å²) in [4.78, 5) is 0. The standard InChI is InChI=1S/C21H24F4O2/c1-2-3-4-5-6-7-14-26-18-13-12-17(19(22)20(18)23)15-8-10-16(11-9-15)27-21(24)25/h8-13,21H,2-7,14H2,1H3. The maximum absolute atomic E-state index is 14.4. The number of hydrogen-bond donors (Lipinski definition) is 0. The Balaban J connectivity index is 1.95. The van der Waals surface area contributed by atoms with Gasteiger partial charge in [-0.3, -0.25) is 0 Å². The van der Waals surface area contributed by atoms with Gasteiger partial charge in [-0.2, -0.15) is 13.2 Å². The Morgan fingerprint density at radius 2 is 1.48 bits per heavy atom. The zero-order valence-corrected chi connectivity index (χ0v) is 15.3. The summed E-state index contributed by atoms with van der Waals surface area (Å²) in [5.74, 6) is -2.25. The third-order valence-corrected chi connectivity index (χ3v) is 4.19. The minimum absolute atomic E-state index is 0.0306. The SMILES string of the molecule is CCCCCCCCOc1ccc(-c2ccc(OC(F)F)cc2)c(F)c1F. The lowest BCUT2D eigenvalue weighted by molar-refractivity contribution is -0.0498. The first-order valence-electron chi connectivity index (χ1n) is 9.19. The van der Waals surface area contributed by atoms with Gasteiger partial charge in [0, 0.05) is 5.56 Å². The van der Waals surface area contributed by atoms with Crippen LogP contribution in [0.2, 0.25) is 0 Å². The molecule has 2 nitrogen and oxygen atoms in total. The van der Waals surface area contributed by atoms with E-state index in [1.165, 1.54) is 55.7 Å². The van der Waals surface area contributed by atoms with E-state index < -0.39 is 18.2 Å². The molecule has 0 radical (unpaired) electrons. The van der Waals surface area contributed by atoms with Gasteiger partial charge in [-0.25, -0.2) is 4.39 Å². The Morgan fingerprint density at radius 1 is 0.815 bits per heavy atom. The van der Waals surface area contributed by atoms with Crippen LogP contribution in [-0.4, -0.2) is 13.2 Å². The van der Waals surface area contributed by atoms with Crippen LogP contribution in [0.4, 0.5) is 17.6 Å². The summed E-state index contributed by atoms with van der Waals surface area (Å²) in [5.41, 5.74) is 0.388. The number of hydrogen-bond acceptors (Lipinski definition) is 2.